The van der Waals surface area contributed by atoms with Crippen molar-refractivity contribution in [1.82, 2.24) is 0 Å². The minimum absolute atomic E-state index is 0.112. The molecule has 0 heterocycles. The molecule has 1 atom stereocenters. The molecule has 2 rings (SSSR count). The lowest BCUT2D eigenvalue weighted by Gasteiger charge is -2.13. The van der Waals surface area contributed by atoms with Crippen LogP contribution in [0.15, 0.2) is 28.7 Å². The van der Waals surface area contributed by atoms with E-state index in [1.165, 1.54) is 0 Å². The summed E-state index contributed by atoms with van der Waals surface area (Å²) in [6.07, 6.45) is 0. The normalized spacial score (nSPS) is 12.6. The van der Waals surface area contributed by atoms with Crippen LogP contribution in [0, 0.1) is 29.1 Å². The summed E-state index contributed by atoms with van der Waals surface area (Å²) < 4.78 is 66.0. The average Bonchev–Trinajstić information content (AvgIpc) is 2.38. The predicted octanol–water partition coefficient (Wildman–Crippen LogP) is 5.47. The van der Waals surface area contributed by atoms with Gasteiger partial charge in [0, 0.05) is 5.56 Å². The molecule has 0 aliphatic carbocycles. The van der Waals surface area contributed by atoms with Gasteiger partial charge >= 0.3 is 0 Å². The molecule has 0 amide bonds. The standard InChI is InChI=1S/C13H5BrClF5/c14-7-4-8(16)6(3-9(7)17)12(15)5-1-10(18)13(20)11(19)2-5/h1-4,12H. The van der Waals surface area contributed by atoms with E-state index >= 15 is 0 Å². The monoisotopic (exact) mass is 370 g/mol. The van der Waals surface area contributed by atoms with Crippen molar-refractivity contribution < 1.29 is 22.0 Å². The molecule has 7 heteroatoms. The Morgan fingerprint density at radius 3 is 1.90 bits per heavy atom. The van der Waals surface area contributed by atoms with Gasteiger partial charge in [0.05, 0.1) is 9.85 Å². The first-order valence-electron chi connectivity index (χ1n) is 5.24. The highest BCUT2D eigenvalue weighted by atomic mass is 79.9. The van der Waals surface area contributed by atoms with Crippen LogP contribution in [0.5, 0.6) is 0 Å². The maximum Gasteiger partial charge on any atom is 0.194 e. The summed E-state index contributed by atoms with van der Waals surface area (Å²) in [6.45, 7) is 0. The zero-order valence-electron chi connectivity index (χ0n) is 9.53. The van der Waals surface area contributed by atoms with Gasteiger partial charge in [0.15, 0.2) is 17.5 Å². The van der Waals surface area contributed by atoms with Crippen molar-refractivity contribution in [1.29, 1.82) is 0 Å². The number of hydrogen-bond donors (Lipinski definition) is 0. The minimum atomic E-state index is -1.65. The summed E-state index contributed by atoms with van der Waals surface area (Å²) in [4.78, 5) is 0. The number of rotatable bonds is 2. The van der Waals surface area contributed by atoms with Gasteiger partial charge in [0.25, 0.3) is 0 Å². The topological polar surface area (TPSA) is 0 Å². The van der Waals surface area contributed by atoms with Crippen LogP contribution in [0.2, 0.25) is 0 Å². The molecule has 0 spiro atoms. The third-order valence-corrected chi connectivity index (χ3v) is 3.71. The highest BCUT2D eigenvalue weighted by molar-refractivity contribution is 9.10. The van der Waals surface area contributed by atoms with Crippen molar-refractivity contribution in [2.45, 2.75) is 5.38 Å². The molecule has 0 aliphatic rings. The third-order valence-electron chi connectivity index (χ3n) is 2.61. The van der Waals surface area contributed by atoms with Gasteiger partial charge in [-0.15, -0.1) is 11.6 Å². The van der Waals surface area contributed by atoms with Gasteiger partial charge in [-0.2, -0.15) is 0 Å². The zero-order chi connectivity index (χ0) is 15.0. The zero-order valence-corrected chi connectivity index (χ0v) is 11.9. The van der Waals surface area contributed by atoms with Crippen molar-refractivity contribution in [3.8, 4) is 0 Å². The molecule has 106 valence electrons. The summed E-state index contributed by atoms with van der Waals surface area (Å²) in [6, 6.07) is 2.91. The van der Waals surface area contributed by atoms with E-state index in [0.717, 1.165) is 12.1 Å². The van der Waals surface area contributed by atoms with Crippen molar-refractivity contribution >= 4 is 27.5 Å². The van der Waals surface area contributed by atoms with Gasteiger partial charge in [0.1, 0.15) is 11.6 Å². The van der Waals surface area contributed by atoms with Crippen LogP contribution in [0.1, 0.15) is 16.5 Å². The summed E-state index contributed by atoms with van der Waals surface area (Å²) >= 11 is 8.67. The molecule has 0 saturated heterocycles. The van der Waals surface area contributed by atoms with E-state index < -0.39 is 34.5 Å². The van der Waals surface area contributed by atoms with Gasteiger partial charge in [-0.05, 0) is 45.8 Å². The largest absolute Gasteiger partial charge is 0.207 e. The van der Waals surface area contributed by atoms with Crippen molar-refractivity contribution in [3.63, 3.8) is 0 Å². The van der Waals surface area contributed by atoms with Crippen molar-refractivity contribution in [2.24, 2.45) is 0 Å². The predicted molar refractivity (Wildman–Crippen MR) is 68.1 cm³/mol. The average molecular weight is 372 g/mol. The quantitative estimate of drug-likeness (QED) is 0.284. The van der Waals surface area contributed by atoms with Crippen LogP contribution in [-0.2, 0) is 0 Å². The Morgan fingerprint density at radius 1 is 0.800 bits per heavy atom. The summed E-state index contributed by atoms with van der Waals surface area (Å²) in [5.74, 6) is -6.20. The van der Waals surface area contributed by atoms with E-state index in [1.807, 2.05) is 0 Å². The van der Waals surface area contributed by atoms with E-state index in [1.54, 1.807) is 0 Å². The fourth-order valence-electron chi connectivity index (χ4n) is 1.63. The van der Waals surface area contributed by atoms with E-state index in [4.69, 9.17) is 11.6 Å². The minimum Gasteiger partial charge on any atom is -0.207 e. The van der Waals surface area contributed by atoms with Gasteiger partial charge in [-0.3, -0.25) is 0 Å². The highest BCUT2D eigenvalue weighted by Gasteiger charge is 2.21. The number of benzene rings is 2. The van der Waals surface area contributed by atoms with Gasteiger partial charge < -0.3 is 0 Å². The molecule has 2 aromatic rings. The maximum absolute atomic E-state index is 13.7. The van der Waals surface area contributed by atoms with Crippen LogP contribution in [0.4, 0.5) is 22.0 Å². The first-order valence-corrected chi connectivity index (χ1v) is 6.47. The molecular weight excluding hydrogens is 366 g/mol. The molecule has 0 nitrogen and oxygen atoms in total. The molecule has 20 heavy (non-hydrogen) atoms. The Kier molecular flexibility index (Phi) is 4.34. The first-order chi connectivity index (χ1) is 9.31. The van der Waals surface area contributed by atoms with Crippen LogP contribution in [0.25, 0.3) is 0 Å². The molecule has 0 N–H and O–H groups in total. The lowest BCUT2D eigenvalue weighted by Crippen LogP contribution is -2.02. The Morgan fingerprint density at radius 2 is 1.35 bits per heavy atom. The van der Waals surface area contributed by atoms with Gasteiger partial charge in [-0.1, -0.05) is 0 Å². The molecule has 0 aromatic heterocycles. The molecule has 1 unspecified atom stereocenters. The lowest BCUT2D eigenvalue weighted by atomic mass is 10.0. The second kappa shape index (κ2) is 5.69. The molecule has 0 radical (unpaired) electrons. The first kappa shape index (κ1) is 15.3. The summed E-state index contributed by atoms with van der Waals surface area (Å²) in [5.41, 5.74) is -0.526. The maximum atomic E-state index is 13.7. The van der Waals surface area contributed by atoms with Crippen molar-refractivity contribution in [2.75, 3.05) is 0 Å². The molecule has 0 bridgehead atoms. The summed E-state index contributed by atoms with van der Waals surface area (Å²) in [7, 11) is 0. The van der Waals surface area contributed by atoms with Crippen molar-refractivity contribution in [3.05, 3.63) is 69.0 Å². The molecule has 0 saturated carbocycles. The molecule has 0 fully saturated rings. The van der Waals surface area contributed by atoms with Crippen LogP contribution in [0.3, 0.4) is 0 Å². The van der Waals surface area contributed by atoms with Gasteiger partial charge in [0.2, 0.25) is 0 Å². The lowest BCUT2D eigenvalue weighted by molar-refractivity contribution is 0.445. The molecule has 2 aromatic carbocycles. The Bertz CT molecular complexity index is 651. The van der Waals surface area contributed by atoms with E-state index in [0.29, 0.717) is 12.1 Å². The fourth-order valence-corrected chi connectivity index (χ4v) is 2.24. The van der Waals surface area contributed by atoms with Crippen LogP contribution in [-0.4, -0.2) is 0 Å². The van der Waals surface area contributed by atoms with E-state index in [-0.39, 0.29) is 15.6 Å². The van der Waals surface area contributed by atoms with E-state index in [9.17, 15) is 22.0 Å². The molecule has 0 aliphatic heterocycles. The fraction of sp³-hybridized carbons (Fsp3) is 0.0769. The smallest absolute Gasteiger partial charge is 0.194 e. The van der Waals surface area contributed by atoms with Crippen LogP contribution >= 0.6 is 27.5 Å². The van der Waals surface area contributed by atoms with Gasteiger partial charge in [-0.25, -0.2) is 22.0 Å². The Hall–Kier alpha value is -1.14. The number of halogens is 7. The van der Waals surface area contributed by atoms with E-state index in [2.05, 4.69) is 15.9 Å². The second-order valence-corrected chi connectivity index (χ2v) is 5.24. The number of hydrogen-bond acceptors (Lipinski definition) is 0. The SMILES string of the molecule is Fc1cc(C(Cl)c2cc(F)c(F)c(F)c2)c(F)cc1Br. The number of alkyl halides is 1. The Balaban J connectivity index is 2.51. The summed E-state index contributed by atoms with van der Waals surface area (Å²) in [5, 5.41) is -1.36. The Labute approximate surface area is 124 Å². The third kappa shape index (κ3) is 2.81. The highest BCUT2D eigenvalue weighted by Crippen LogP contribution is 2.34. The second-order valence-electron chi connectivity index (χ2n) is 3.95. The van der Waals surface area contributed by atoms with Crippen LogP contribution < -0.4 is 0 Å². The molecular formula is C13H5BrClF5.